The second-order valence-electron chi connectivity index (χ2n) is 5.84. The molecule has 3 rings (SSSR count). The number of hydrogen-bond acceptors (Lipinski definition) is 5. The number of methoxy groups -OCH3 is 1. The Morgan fingerprint density at radius 3 is 2.74 bits per heavy atom. The molecule has 23 heavy (non-hydrogen) atoms. The van der Waals surface area contributed by atoms with Crippen molar-refractivity contribution >= 4 is 5.91 Å². The summed E-state index contributed by atoms with van der Waals surface area (Å²) in [6, 6.07) is 7.43. The molecule has 1 atom stereocenters. The van der Waals surface area contributed by atoms with Crippen LogP contribution in [-0.4, -0.2) is 40.6 Å². The molecule has 0 aliphatic heterocycles. The summed E-state index contributed by atoms with van der Waals surface area (Å²) < 4.78 is 6.77. The zero-order chi connectivity index (χ0) is 16.4. The maximum Gasteiger partial charge on any atom is 0.273 e. The van der Waals surface area contributed by atoms with E-state index >= 15 is 0 Å². The summed E-state index contributed by atoms with van der Waals surface area (Å²) in [4.78, 5) is 12.3. The van der Waals surface area contributed by atoms with Crippen molar-refractivity contribution in [1.82, 2.24) is 20.3 Å². The van der Waals surface area contributed by atoms with Crippen molar-refractivity contribution in [3.05, 3.63) is 35.7 Å². The van der Waals surface area contributed by atoms with Crippen molar-refractivity contribution in [2.45, 2.75) is 25.8 Å². The second kappa shape index (κ2) is 6.37. The summed E-state index contributed by atoms with van der Waals surface area (Å²) in [5, 5.41) is 10.9. The molecule has 0 saturated heterocycles. The van der Waals surface area contributed by atoms with E-state index in [-0.39, 0.29) is 11.9 Å². The van der Waals surface area contributed by atoms with Crippen molar-refractivity contribution in [3.63, 3.8) is 0 Å². The largest absolute Gasteiger partial charge is 0.497 e. The molecule has 122 valence electrons. The van der Waals surface area contributed by atoms with E-state index in [0.29, 0.717) is 23.9 Å². The number of ether oxygens (including phenoxy) is 1. The number of rotatable bonds is 6. The van der Waals surface area contributed by atoms with Gasteiger partial charge in [-0.1, -0.05) is 5.21 Å². The highest BCUT2D eigenvalue weighted by atomic mass is 16.5. The van der Waals surface area contributed by atoms with Crippen LogP contribution < -0.4 is 15.8 Å². The highest BCUT2D eigenvalue weighted by Crippen LogP contribution is 2.31. The van der Waals surface area contributed by atoms with Gasteiger partial charge >= 0.3 is 0 Å². The quantitative estimate of drug-likeness (QED) is 0.831. The van der Waals surface area contributed by atoms with Gasteiger partial charge in [-0.3, -0.25) is 4.79 Å². The summed E-state index contributed by atoms with van der Waals surface area (Å²) >= 11 is 0. The van der Waals surface area contributed by atoms with Crippen molar-refractivity contribution in [3.8, 4) is 11.4 Å². The first-order valence-electron chi connectivity index (χ1n) is 7.70. The smallest absolute Gasteiger partial charge is 0.273 e. The average molecular weight is 315 g/mol. The van der Waals surface area contributed by atoms with Crippen molar-refractivity contribution < 1.29 is 9.53 Å². The first-order chi connectivity index (χ1) is 11.1. The molecule has 3 N–H and O–H groups in total. The Balaban J connectivity index is 1.71. The summed E-state index contributed by atoms with van der Waals surface area (Å²) in [5.41, 5.74) is 7.83. The molecular formula is C16H21N5O2. The van der Waals surface area contributed by atoms with Gasteiger partial charge in [-0.25, -0.2) is 4.68 Å². The number of benzene rings is 1. The molecule has 0 spiro atoms. The van der Waals surface area contributed by atoms with Crippen LogP contribution in [0.4, 0.5) is 0 Å². The van der Waals surface area contributed by atoms with Gasteiger partial charge in [0.05, 0.1) is 18.5 Å². The van der Waals surface area contributed by atoms with Crippen LogP contribution in [0, 0.1) is 12.8 Å². The second-order valence-corrected chi connectivity index (χ2v) is 5.84. The Kier molecular flexibility index (Phi) is 4.29. The predicted octanol–water partition coefficient (Wildman–Crippen LogP) is 1.05. The van der Waals surface area contributed by atoms with Gasteiger partial charge in [-0.05, 0) is 49.9 Å². The molecule has 1 unspecified atom stereocenters. The highest BCUT2D eigenvalue weighted by Gasteiger charge is 2.29. The van der Waals surface area contributed by atoms with E-state index in [4.69, 9.17) is 10.5 Å². The third-order valence-electron chi connectivity index (χ3n) is 4.15. The van der Waals surface area contributed by atoms with Gasteiger partial charge in [0.1, 0.15) is 5.75 Å². The van der Waals surface area contributed by atoms with Crippen molar-refractivity contribution in [1.29, 1.82) is 0 Å². The molecule has 1 aliphatic rings. The molecule has 1 saturated carbocycles. The Bertz CT molecular complexity index is 691. The number of carbonyl (C=O) groups excluding carboxylic acids is 1. The number of hydrogen-bond donors (Lipinski definition) is 2. The summed E-state index contributed by atoms with van der Waals surface area (Å²) in [5.74, 6) is 1.07. The normalized spacial score (nSPS) is 15.3. The minimum atomic E-state index is -0.238. The predicted molar refractivity (Wildman–Crippen MR) is 85.7 cm³/mol. The van der Waals surface area contributed by atoms with Crippen LogP contribution in [0.1, 0.15) is 29.0 Å². The molecule has 7 heteroatoms. The van der Waals surface area contributed by atoms with E-state index < -0.39 is 0 Å². The van der Waals surface area contributed by atoms with E-state index in [0.717, 1.165) is 24.3 Å². The van der Waals surface area contributed by atoms with E-state index in [1.807, 2.05) is 31.2 Å². The molecule has 1 fully saturated rings. The van der Waals surface area contributed by atoms with Gasteiger partial charge in [-0.2, -0.15) is 0 Å². The summed E-state index contributed by atoms with van der Waals surface area (Å²) in [6.07, 6.45) is 2.31. The topological polar surface area (TPSA) is 95.1 Å². The Labute approximate surface area is 134 Å². The van der Waals surface area contributed by atoms with Crippen LogP contribution in [0.5, 0.6) is 5.75 Å². The molecule has 2 aromatic rings. The number of carbonyl (C=O) groups is 1. The van der Waals surface area contributed by atoms with E-state index in [1.165, 1.54) is 0 Å². The Hall–Kier alpha value is -2.41. The summed E-state index contributed by atoms with van der Waals surface area (Å²) in [6.45, 7) is 2.29. The Morgan fingerprint density at radius 1 is 1.43 bits per heavy atom. The van der Waals surface area contributed by atoms with Gasteiger partial charge < -0.3 is 15.8 Å². The highest BCUT2D eigenvalue weighted by molar-refractivity contribution is 5.93. The van der Waals surface area contributed by atoms with Crippen LogP contribution in [0.15, 0.2) is 24.3 Å². The van der Waals surface area contributed by atoms with Crippen molar-refractivity contribution in [2.24, 2.45) is 11.7 Å². The molecule has 1 aromatic carbocycles. The molecule has 1 heterocycles. The van der Waals surface area contributed by atoms with Gasteiger partial charge in [0.25, 0.3) is 5.91 Å². The number of nitrogens with zero attached hydrogens (tertiary/aromatic N) is 3. The van der Waals surface area contributed by atoms with Gasteiger partial charge in [0.15, 0.2) is 5.69 Å². The minimum absolute atomic E-state index is 0.0240. The lowest BCUT2D eigenvalue weighted by Gasteiger charge is -2.10. The first-order valence-corrected chi connectivity index (χ1v) is 7.70. The van der Waals surface area contributed by atoms with Gasteiger partial charge in [0, 0.05) is 12.6 Å². The molecular weight excluding hydrogens is 294 g/mol. The lowest BCUT2D eigenvalue weighted by molar-refractivity contribution is 0.0944. The van der Waals surface area contributed by atoms with Crippen LogP contribution in [-0.2, 0) is 0 Å². The molecule has 0 radical (unpaired) electrons. The van der Waals surface area contributed by atoms with E-state index in [1.54, 1.807) is 11.8 Å². The van der Waals surface area contributed by atoms with Crippen LogP contribution >= 0.6 is 0 Å². The SMILES string of the molecule is COc1ccc(-n2nnc(C(=O)NCC(N)C3CC3)c2C)cc1. The first kappa shape index (κ1) is 15.5. The zero-order valence-corrected chi connectivity index (χ0v) is 13.3. The minimum Gasteiger partial charge on any atom is -0.497 e. The molecule has 1 aromatic heterocycles. The third-order valence-corrected chi connectivity index (χ3v) is 4.15. The van der Waals surface area contributed by atoms with Gasteiger partial charge in [0.2, 0.25) is 0 Å². The fourth-order valence-corrected chi connectivity index (χ4v) is 2.49. The fourth-order valence-electron chi connectivity index (χ4n) is 2.49. The molecule has 1 aliphatic carbocycles. The number of amides is 1. The lowest BCUT2D eigenvalue weighted by atomic mass is 10.2. The van der Waals surface area contributed by atoms with Crippen molar-refractivity contribution in [2.75, 3.05) is 13.7 Å². The fraction of sp³-hybridized carbons (Fsp3) is 0.438. The standard InChI is InChI=1S/C16H21N5O2/c1-10-15(16(22)18-9-14(17)11-3-4-11)19-20-21(10)12-5-7-13(23-2)8-6-12/h5-8,11,14H,3-4,9,17H2,1-2H3,(H,18,22). The van der Waals surface area contributed by atoms with Crippen LogP contribution in [0.2, 0.25) is 0 Å². The Morgan fingerprint density at radius 2 is 2.13 bits per heavy atom. The van der Waals surface area contributed by atoms with Crippen LogP contribution in [0.3, 0.4) is 0 Å². The molecule has 0 bridgehead atoms. The van der Waals surface area contributed by atoms with E-state index in [2.05, 4.69) is 15.6 Å². The summed E-state index contributed by atoms with van der Waals surface area (Å²) in [7, 11) is 1.62. The molecule has 7 nitrogen and oxygen atoms in total. The monoisotopic (exact) mass is 315 g/mol. The number of nitrogens with one attached hydrogen (secondary N) is 1. The third kappa shape index (κ3) is 3.34. The number of nitrogens with two attached hydrogens (primary N) is 1. The van der Waals surface area contributed by atoms with Gasteiger partial charge in [-0.15, -0.1) is 5.10 Å². The maximum absolute atomic E-state index is 12.3. The zero-order valence-electron chi connectivity index (χ0n) is 13.3. The number of aromatic nitrogens is 3. The maximum atomic E-state index is 12.3. The average Bonchev–Trinajstić information content (AvgIpc) is 3.35. The lowest BCUT2D eigenvalue weighted by Crippen LogP contribution is -2.38. The van der Waals surface area contributed by atoms with Crippen LogP contribution in [0.25, 0.3) is 5.69 Å². The van der Waals surface area contributed by atoms with E-state index in [9.17, 15) is 4.79 Å². The molecule has 1 amide bonds.